The summed E-state index contributed by atoms with van der Waals surface area (Å²) in [5, 5.41) is 13.4. The van der Waals surface area contributed by atoms with Crippen molar-refractivity contribution in [1.82, 2.24) is 14.8 Å². The number of hydrogen-bond acceptors (Lipinski definition) is 6. The minimum absolute atomic E-state index is 0.0697. The third-order valence-electron chi connectivity index (χ3n) is 7.00. The van der Waals surface area contributed by atoms with E-state index < -0.39 is 5.92 Å². The first-order chi connectivity index (χ1) is 16.5. The molecule has 2 N–H and O–H groups in total. The first kappa shape index (κ1) is 24.2. The largest absolute Gasteiger partial charge is 0.496 e. The van der Waals surface area contributed by atoms with Crippen molar-refractivity contribution in [3.8, 4) is 5.75 Å². The number of nitrogens with one attached hydrogen (secondary N) is 1. The zero-order valence-electron chi connectivity index (χ0n) is 19.9. The number of carbonyl (C=O) groups excluding carboxylic acids is 1. The molecule has 1 aromatic carbocycles. The standard InChI is InChI=1S/C26H33N3O5/c1-4-7-17-10-11-20-24-23(25(31)27-12-13-33-2)19(16-30)21(15-29(20)26(17)32)28(24)14-18-8-5-6-9-22(18)34-3/h4-11,19,21,23-24,30H,12-16H2,1-3H3,(H,27,31)/b7-4+/t19-,21-,23+,24+/m0/s1. The van der Waals surface area contributed by atoms with Gasteiger partial charge >= 0.3 is 0 Å². The molecule has 2 bridgehead atoms. The lowest BCUT2D eigenvalue weighted by molar-refractivity contribution is -0.127. The van der Waals surface area contributed by atoms with E-state index in [-0.39, 0.29) is 36.1 Å². The number of ether oxygens (including phenoxy) is 2. The van der Waals surface area contributed by atoms with E-state index in [1.54, 1.807) is 24.9 Å². The molecule has 34 heavy (non-hydrogen) atoms. The van der Waals surface area contributed by atoms with E-state index in [1.807, 2.05) is 49.4 Å². The molecule has 0 radical (unpaired) electrons. The van der Waals surface area contributed by atoms with Gasteiger partial charge in [0.05, 0.1) is 25.7 Å². The van der Waals surface area contributed by atoms with Crippen LogP contribution in [-0.2, 0) is 22.6 Å². The molecule has 2 aromatic rings. The van der Waals surface area contributed by atoms with E-state index in [0.717, 1.165) is 17.0 Å². The average Bonchev–Trinajstić information content (AvgIpc) is 3.05. The SMILES string of the molecule is C/C=C/c1ccc2n(c1=O)C[C@H]1[C@H](CO)[C@@H](C(=O)NCCOC)[C@@H]2N1Cc1ccccc1OC. The molecule has 3 heterocycles. The summed E-state index contributed by atoms with van der Waals surface area (Å²) in [5.41, 5.74) is 2.34. The van der Waals surface area contributed by atoms with Gasteiger partial charge in [-0.2, -0.15) is 0 Å². The second kappa shape index (κ2) is 10.5. The molecule has 2 aliphatic heterocycles. The van der Waals surface area contributed by atoms with Gasteiger partial charge in [-0.05, 0) is 25.1 Å². The van der Waals surface area contributed by atoms with Gasteiger partial charge < -0.3 is 24.5 Å². The van der Waals surface area contributed by atoms with Gasteiger partial charge in [0.1, 0.15) is 5.75 Å². The number of rotatable bonds is 9. The van der Waals surface area contributed by atoms with Crippen LogP contribution in [0.4, 0.5) is 0 Å². The predicted octanol–water partition coefficient (Wildman–Crippen LogP) is 1.82. The van der Waals surface area contributed by atoms with E-state index >= 15 is 0 Å². The highest BCUT2D eigenvalue weighted by molar-refractivity contribution is 5.80. The van der Waals surface area contributed by atoms with Gasteiger partial charge in [0.15, 0.2) is 0 Å². The van der Waals surface area contributed by atoms with Gasteiger partial charge in [0.25, 0.3) is 5.56 Å². The minimum atomic E-state index is -0.498. The second-order valence-electron chi connectivity index (χ2n) is 8.78. The molecule has 0 spiro atoms. The number of hydrogen-bond donors (Lipinski definition) is 2. The zero-order chi connectivity index (χ0) is 24.2. The van der Waals surface area contributed by atoms with Gasteiger partial charge in [0.2, 0.25) is 5.91 Å². The van der Waals surface area contributed by atoms with E-state index in [9.17, 15) is 14.7 Å². The van der Waals surface area contributed by atoms with E-state index in [2.05, 4.69) is 10.2 Å². The minimum Gasteiger partial charge on any atom is -0.496 e. The van der Waals surface area contributed by atoms with E-state index in [0.29, 0.717) is 31.8 Å². The van der Waals surface area contributed by atoms with Gasteiger partial charge in [-0.1, -0.05) is 30.4 Å². The molecule has 182 valence electrons. The highest BCUT2D eigenvalue weighted by atomic mass is 16.5. The Balaban J connectivity index is 1.79. The number of aromatic nitrogens is 1. The Kier molecular flexibility index (Phi) is 7.50. The Hall–Kier alpha value is -2.94. The van der Waals surface area contributed by atoms with Crippen molar-refractivity contribution in [2.24, 2.45) is 11.8 Å². The molecule has 1 saturated heterocycles. The Bertz CT molecular complexity index is 1110. The molecule has 1 aromatic heterocycles. The molecule has 4 rings (SSSR count). The van der Waals surface area contributed by atoms with Crippen LogP contribution in [0.2, 0.25) is 0 Å². The van der Waals surface area contributed by atoms with Crippen LogP contribution in [-0.4, -0.2) is 60.5 Å². The Labute approximate surface area is 199 Å². The molecule has 4 atom stereocenters. The first-order valence-corrected chi connectivity index (χ1v) is 11.7. The maximum atomic E-state index is 13.4. The summed E-state index contributed by atoms with van der Waals surface area (Å²) in [6, 6.07) is 11.1. The van der Waals surface area contributed by atoms with Gasteiger partial charge in [-0.3, -0.25) is 14.5 Å². The number of carbonyl (C=O) groups is 1. The lowest BCUT2D eigenvalue weighted by Gasteiger charge is -2.38. The van der Waals surface area contributed by atoms with Crippen molar-refractivity contribution in [2.75, 3.05) is 34.0 Å². The third-order valence-corrected chi connectivity index (χ3v) is 7.00. The summed E-state index contributed by atoms with van der Waals surface area (Å²) in [5.74, 6) is -0.170. The van der Waals surface area contributed by atoms with Crippen LogP contribution in [0.15, 0.2) is 47.3 Å². The molecular weight excluding hydrogens is 434 g/mol. The number of fused-ring (bicyclic) bond motifs is 4. The van der Waals surface area contributed by atoms with Crippen molar-refractivity contribution < 1.29 is 19.4 Å². The lowest BCUT2D eigenvalue weighted by atomic mass is 9.86. The van der Waals surface area contributed by atoms with Crippen molar-refractivity contribution in [1.29, 1.82) is 0 Å². The number of aliphatic hydroxyl groups excluding tert-OH is 1. The molecule has 0 saturated carbocycles. The molecule has 0 unspecified atom stereocenters. The van der Waals surface area contributed by atoms with Crippen LogP contribution in [0.1, 0.15) is 29.8 Å². The summed E-state index contributed by atoms with van der Waals surface area (Å²) < 4.78 is 12.4. The fourth-order valence-electron chi connectivity index (χ4n) is 5.49. The molecule has 2 aliphatic rings. The number of methoxy groups -OCH3 is 2. The number of amides is 1. The summed E-state index contributed by atoms with van der Waals surface area (Å²) in [4.78, 5) is 28.9. The highest BCUT2D eigenvalue weighted by Crippen LogP contribution is 2.49. The normalized spacial score (nSPS) is 23.8. The monoisotopic (exact) mass is 467 g/mol. The van der Waals surface area contributed by atoms with E-state index in [4.69, 9.17) is 9.47 Å². The topological polar surface area (TPSA) is 93.0 Å². The number of benzene rings is 1. The summed E-state index contributed by atoms with van der Waals surface area (Å²) >= 11 is 0. The van der Waals surface area contributed by atoms with Crippen LogP contribution >= 0.6 is 0 Å². The van der Waals surface area contributed by atoms with Crippen LogP contribution in [0.25, 0.3) is 6.08 Å². The fourth-order valence-corrected chi connectivity index (χ4v) is 5.49. The first-order valence-electron chi connectivity index (χ1n) is 11.7. The fraction of sp³-hybridized carbons (Fsp3) is 0.462. The van der Waals surface area contributed by atoms with Crippen LogP contribution < -0.4 is 15.6 Å². The van der Waals surface area contributed by atoms with Crippen LogP contribution in [0, 0.1) is 11.8 Å². The Morgan fingerprint density at radius 2 is 2.03 bits per heavy atom. The molecule has 0 aliphatic carbocycles. The Morgan fingerprint density at radius 3 is 2.74 bits per heavy atom. The maximum Gasteiger partial charge on any atom is 0.258 e. The smallest absolute Gasteiger partial charge is 0.258 e. The molecule has 1 fully saturated rings. The van der Waals surface area contributed by atoms with Gasteiger partial charge in [-0.15, -0.1) is 0 Å². The van der Waals surface area contributed by atoms with E-state index in [1.165, 1.54) is 0 Å². The average molecular weight is 468 g/mol. The quantitative estimate of drug-likeness (QED) is 0.547. The maximum absolute atomic E-state index is 13.4. The summed E-state index contributed by atoms with van der Waals surface area (Å²) in [7, 11) is 3.23. The number of para-hydroxylation sites is 1. The summed E-state index contributed by atoms with van der Waals surface area (Å²) in [6.07, 6.45) is 3.65. The number of aliphatic hydroxyl groups is 1. The molecule has 8 heteroatoms. The molecule has 8 nitrogen and oxygen atoms in total. The highest BCUT2D eigenvalue weighted by Gasteiger charge is 2.55. The van der Waals surface area contributed by atoms with Crippen molar-refractivity contribution >= 4 is 12.0 Å². The van der Waals surface area contributed by atoms with Crippen molar-refractivity contribution in [3.05, 3.63) is 69.6 Å². The number of nitrogens with zero attached hydrogens (tertiary/aromatic N) is 2. The number of pyridine rings is 1. The van der Waals surface area contributed by atoms with Crippen molar-refractivity contribution in [2.45, 2.75) is 32.1 Å². The number of allylic oxidation sites excluding steroid dienone is 1. The molecule has 1 amide bonds. The second-order valence-corrected chi connectivity index (χ2v) is 8.78. The molecular formula is C26H33N3O5. The van der Waals surface area contributed by atoms with Crippen LogP contribution in [0.3, 0.4) is 0 Å². The third kappa shape index (κ3) is 4.29. The van der Waals surface area contributed by atoms with Gasteiger partial charge in [-0.25, -0.2) is 0 Å². The summed E-state index contributed by atoms with van der Waals surface area (Å²) in [6.45, 7) is 3.49. The van der Waals surface area contributed by atoms with Crippen molar-refractivity contribution in [3.63, 3.8) is 0 Å². The van der Waals surface area contributed by atoms with Crippen LogP contribution in [0.5, 0.6) is 5.75 Å². The Morgan fingerprint density at radius 1 is 1.24 bits per heavy atom. The predicted molar refractivity (Wildman–Crippen MR) is 129 cm³/mol. The zero-order valence-corrected chi connectivity index (χ0v) is 19.9. The lowest BCUT2D eigenvalue weighted by Crippen LogP contribution is -2.46. The van der Waals surface area contributed by atoms with Gasteiger partial charge in [0, 0.05) is 62.1 Å².